The summed E-state index contributed by atoms with van der Waals surface area (Å²) >= 11 is 7.16. The van der Waals surface area contributed by atoms with Crippen molar-refractivity contribution in [1.82, 2.24) is 19.2 Å². The molecule has 0 aliphatic carbocycles. The lowest BCUT2D eigenvalue weighted by Gasteiger charge is -2.11. The van der Waals surface area contributed by atoms with Crippen LogP contribution >= 0.6 is 23.4 Å². The highest BCUT2D eigenvalue weighted by atomic mass is 35.5. The fourth-order valence-corrected chi connectivity index (χ4v) is 4.56. The zero-order valence-corrected chi connectivity index (χ0v) is 19.4. The van der Waals surface area contributed by atoms with Crippen LogP contribution in [0.15, 0.2) is 76.7 Å². The topological polar surface area (TPSA) is 81.3 Å². The summed E-state index contributed by atoms with van der Waals surface area (Å²) in [5, 5.41) is 12.3. The van der Waals surface area contributed by atoms with Crippen molar-refractivity contribution in [2.45, 2.75) is 12.1 Å². The number of hydrogen-bond acceptors (Lipinski definition) is 5. The minimum Gasteiger partial charge on any atom is -0.324 e. The average Bonchev–Trinajstić information content (AvgIpc) is 3.25. The van der Waals surface area contributed by atoms with Crippen LogP contribution in [0.2, 0.25) is 5.02 Å². The Labute approximate surface area is 202 Å². The second-order valence-electron chi connectivity index (χ2n) is 7.57. The minimum atomic E-state index is -0.487. The SMILES string of the molecule is Cc1ccc(-n2c(=O)c3ccccc3n3c(SCC(=O)Nc4ccc(F)cc4Cl)nnc23)cc1. The third-order valence-electron chi connectivity index (χ3n) is 5.22. The van der Waals surface area contributed by atoms with Crippen molar-refractivity contribution in [2.75, 3.05) is 11.1 Å². The number of aryl methyl sites for hydroxylation is 1. The summed E-state index contributed by atoms with van der Waals surface area (Å²) in [4.78, 5) is 25.9. The Hall–Kier alpha value is -3.69. The number of carbonyl (C=O) groups is 1. The van der Waals surface area contributed by atoms with E-state index in [9.17, 15) is 14.0 Å². The Morgan fingerprint density at radius 2 is 1.85 bits per heavy atom. The van der Waals surface area contributed by atoms with E-state index in [1.54, 1.807) is 16.5 Å². The van der Waals surface area contributed by atoms with Crippen LogP contribution in [-0.2, 0) is 4.79 Å². The van der Waals surface area contributed by atoms with Gasteiger partial charge < -0.3 is 5.32 Å². The zero-order chi connectivity index (χ0) is 23.8. The van der Waals surface area contributed by atoms with Crippen LogP contribution in [0, 0.1) is 12.7 Å². The molecule has 0 fully saturated rings. The Kier molecular flexibility index (Phi) is 5.80. The van der Waals surface area contributed by atoms with Crippen molar-refractivity contribution >= 4 is 51.6 Å². The van der Waals surface area contributed by atoms with Crippen LogP contribution in [-0.4, -0.2) is 30.8 Å². The highest BCUT2D eigenvalue weighted by Gasteiger charge is 2.19. The maximum Gasteiger partial charge on any atom is 0.267 e. The summed E-state index contributed by atoms with van der Waals surface area (Å²) in [6.07, 6.45) is 0. The summed E-state index contributed by atoms with van der Waals surface area (Å²) in [5.74, 6) is -0.478. The Bertz CT molecular complexity index is 1610. The molecule has 7 nitrogen and oxygen atoms in total. The number of para-hydroxylation sites is 1. The number of benzene rings is 3. The van der Waals surface area contributed by atoms with Gasteiger partial charge in [-0.1, -0.05) is 53.2 Å². The molecule has 0 aliphatic rings. The van der Waals surface area contributed by atoms with Crippen molar-refractivity contribution in [1.29, 1.82) is 0 Å². The molecule has 0 radical (unpaired) electrons. The molecule has 1 amide bonds. The molecule has 0 aliphatic heterocycles. The first-order chi connectivity index (χ1) is 16.4. The molecule has 1 N–H and O–H groups in total. The molecule has 34 heavy (non-hydrogen) atoms. The average molecular weight is 494 g/mol. The Morgan fingerprint density at radius 3 is 2.62 bits per heavy atom. The van der Waals surface area contributed by atoms with E-state index in [1.807, 2.05) is 43.3 Å². The van der Waals surface area contributed by atoms with Crippen molar-refractivity contribution in [3.05, 3.63) is 93.5 Å². The first-order valence-electron chi connectivity index (χ1n) is 10.3. The number of carbonyl (C=O) groups excluding carboxylic acids is 1. The molecule has 2 heterocycles. The smallest absolute Gasteiger partial charge is 0.267 e. The van der Waals surface area contributed by atoms with E-state index in [2.05, 4.69) is 15.5 Å². The summed E-state index contributed by atoms with van der Waals surface area (Å²) in [6, 6.07) is 18.5. The van der Waals surface area contributed by atoms with Gasteiger partial charge in [0.25, 0.3) is 5.56 Å². The fourth-order valence-electron chi connectivity index (χ4n) is 3.61. The highest BCUT2D eigenvalue weighted by Crippen LogP contribution is 2.25. The number of hydrogen-bond donors (Lipinski definition) is 1. The predicted molar refractivity (Wildman–Crippen MR) is 132 cm³/mol. The van der Waals surface area contributed by atoms with Gasteiger partial charge in [0.2, 0.25) is 11.7 Å². The van der Waals surface area contributed by atoms with Crippen molar-refractivity contribution in [2.24, 2.45) is 0 Å². The van der Waals surface area contributed by atoms with Crippen LogP contribution in [0.25, 0.3) is 22.4 Å². The highest BCUT2D eigenvalue weighted by molar-refractivity contribution is 7.99. The first kappa shape index (κ1) is 22.1. The lowest BCUT2D eigenvalue weighted by atomic mass is 10.2. The second kappa shape index (κ2) is 8.92. The van der Waals surface area contributed by atoms with Crippen molar-refractivity contribution in [3.63, 3.8) is 0 Å². The minimum absolute atomic E-state index is 0.00643. The van der Waals surface area contributed by atoms with Gasteiger partial charge in [-0.25, -0.2) is 8.96 Å². The largest absolute Gasteiger partial charge is 0.324 e. The molecule has 0 saturated heterocycles. The quantitative estimate of drug-likeness (QED) is 0.353. The number of thioether (sulfide) groups is 1. The third-order valence-corrected chi connectivity index (χ3v) is 6.47. The summed E-state index contributed by atoms with van der Waals surface area (Å²) < 4.78 is 16.5. The summed E-state index contributed by atoms with van der Waals surface area (Å²) in [7, 11) is 0. The lowest BCUT2D eigenvalue weighted by Crippen LogP contribution is -2.22. The van der Waals surface area contributed by atoms with Crippen molar-refractivity contribution < 1.29 is 9.18 Å². The molecule has 10 heteroatoms. The number of fused-ring (bicyclic) bond motifs is 3. The molecule has 5 aromatic rings. The zero-order valence-electron chi connectivity index (χ0n) is 17.8. The predicted octanol–water partition coefficient (Wildman–Crippen LogP) is 4.87. The van der Waals surface area contributed by atoms with Gasteiger partial charge in [-0.15, -0.1) is 10.2 Å². The molecule has 0 spiro atoms. The number of nitrogens with zero attached hydrogens (tertiary/aromatic N) is 4. The summed E-state index contributed by atoms with van der Waals surface area (Å²) in [6.45, 7) is 1.97. The van der Waals surface area contributed by atoms with Crippen molar-refractivity contribution in [3.8, 4) is 5.69 Å². The van der Waals surface area contributed by atoms with E-state index in [-0.39, 0.29) is 22.2 Å². The van der Waals surface area contributed by atoms with Gasteiger partial charge in [0.05, 0.1) is 33.1 Å². The molecule has 0 unspecified atom stereocenters. The van der Waals surface area contributed by atoms with E-state index in [4.69, 9.17) is 11.6 Å². The van der Waals surface area contributed by atoms with E-state index in [1.165, 1.54) is 16.7 Å². The second-order valence-corrected chi connectivity index (χ2v) is 8.92. The van der Waals surface area contributed by atoms with Crippen LogP contribution in [0.4, 0.5) is 10.1 Å². The number of halogens is 2. The molecule has 2 aromatic heterocycles. The monoisotopic (exact) mass is 493 g/mol. The fraction of sp³-hybridized carbons (Fsp3) is 0.0833. The maximum absolute atomic E-state index is 13.3. The van der Waals surface area contributed by atoms with Gasteiger partial charge >= 0.3 is 0 Å². The standard InChI is InChI=1S/C24H17ClFN5O2S/c1-14-6-9-16(10-7-14)30-22(33)17-4-2-3-5-20(17)31-23(30)28-29-24(31)34-13-21(32)27-19-11-8-15(26)12-18(19)25/h2-12H,13H2,1H3,(H,27,32). The molecule has 0 bridgehead atoms. The lowest BCUT2D eigenvalue weighted by molar-refractivity contribution is -0.113. The Morgan fingerprint density at radius 1 is 1.09 bits per heavy atom. The molecule has 0 atom stereocenters. The van der Waals surface area contributed by atoms with Crippen LogP contribution in [0.5, 0.6) is 0 Å². The van der Waals surface area contributed by atoms with E-state index in [0.29, 0.717) is 33.2 Å². The number of rotatable bonds is 5. The van der Waals surface area contributed by atoms with Gasteiger partial charge in [-0.2, -0.15) is 0 Å². The van der Waals surface area contributed by atoms with E-state index < -0.39 is 5.82 Å². The number of anilines is 1. The summed E-state index contributed by atoms with van der Waals surface area (Å²) in [5.41, 5.74) is 2.48. The maximum atomic E-state index is 13.3. The number of aromatic nitrogens is 4. The van der Waals surface area contributed by atoms with Gasteiger partial charge in [0.1, 0.15) is 5.82 Å². The van der Waals surface area contributed by atoms with E-state index >= 15 is 0 Å². The van der Waals surface area contributed by atoms with Crippen LogP contribution in [0.1, 0.15) is 5.56 Å². The number of nitrogens with one attached hydrogen (secondary N) is 1. The molecule has 3 aromatic carbocycles. The van der Waals surface area contributed by atoms with Crippen LogP contribution in [0.3, 0.4) is 0 Å². The molecular weight excluding hydrogens is 477 g/mol. The molecule has 0 saturated carbocycles. The molecular formula is C24H17ClFN5O2S. The van der Waals surface area contributed by atoms with Crippen LogP contribution < -0.4 is 10.9 Å². The van der Waals surface area contributed by atoms with Gasteiger partial charge in [0, 0.05) is 0 Å². The van der Waals surface area contributed by atoms with Gasteiger partial charge in [-0.3, -0.25) is 14.0 Å². The third kappa shape index (κ3) is 4.04. The Balaban J connectivity index is 1.53. The normalized spacial score (nSPS) is 11.3. The molecule has 170 valence electrons. The van der Waals surface area contributed by atoms with Gasteiger partial charge in [0.15, 0.2) is 5.16 Å². The number of amides is 1. The van der Waals surface area contributed by atoms with Gasteiger partial charge in [-0.05, 0) is 49.4 Å². The first-order valence-corrected chi connectivity index (χ1v) is 11.6. The molecule has 5 rings (SSSR count). The van der Waals surface area contributed by atoms with E-state index in [0.717, 1.165) is 23.4 Å².